The van der Waals surface area contributed by atoms with Crippen molar-refractivity contribution in [2.75, 3.05) is 5.73 Å². The summed E-state index contributed by atoms with van der Waals surface area (Å²) in [6.45, 7) is 2.17. The summed E-state index contributed by atoms with van der Waals surface area (Å²) < 4.78 is 3.18. The first-order chi connectivity index (χ1) is 16.0. The van der Waals surface area contributed by atoms with Gasteiger partial charge >= 0.3 is 0 Å². The fourth-order valence-electron chi connectivity index (χ4n) is 3.60. The van der Waals surface area contributed by atoms with E-state index in [1.54, 1.807) is 41.2 Å². The van der Waals surface area contributed by atoms with Gasteiger partial charge in [0.2, 0.25) is 0 Å². The lowest BCUT2D eigenvalue weighted by Crippen LogP contribution is -2.23. The summed E-state index contributed by atoms with van der Waals surface area (Å²) in [5, 5.41) is 11.9. The number of hydrogen-bond donors (Lipinski definition) is 2. The molecule has 0 aliphatic carbocycles. The van der Waals surface area contributed by atoms with E-state index in [0.717, 1.165) is 28.1 Å². The SMILES string of the molecule is Cc1cc(-c2cc(Cl)ccc2-n2cnnn2)cc(=O)n1Cc1ncc(-c2ccc(N)nc2)[nH]1. The molecule has 33 heavy (non-hydrogen) atoms. The number of nitrogens with zero attached hydrogens (tertiary/aromatic N) is 7. The van der Waals surface area contributed by atoms with E-state index in [-0.39, 0.29) is 5.56 Å². The number of benzene rings is 1. The number of nitrogen functional groups attached to an aromatic ring is 1. The van der Waals surface area contributed by atoms with Crippen molar-refractivity contribution >= 4 is 17.4 Å². The summed E-state index contributed by atoms with van der Waals surface area (Å²) in [6, 6.07) is 12.4. The number of nitrogens with one attached hydrogen (secondary N) is 1. The van der Waals surface area contributed by atoms with E-state index >= 15 is 0 Å². The molecule has 11 heteroatoms. The molecule has 5 aromatic rings. The normalized spacial score (nSPS) is 11.1. The third kappa shape index (κ3) is 4.11. The zero-order chi connectivity index (χ0) is 22.9. The number of imidazole rings is 1. The van der Waals surface area contributed by atoms with Gasteiger partial charge in [-0.05, 0) is 59.3 Å². The van der Waals surface area contributed by atoms with Gasteiger partial charge in [0, 0.05) is 34.1 Å². The van der Waals surface area contributed by atoms with Crippen LogP contribution in [0.5, 0.6) is 0 Å². The van der Waals surface area contributed by atoms with Gasteiger partial charge in [0.25, 0.3) is 5.56 Å². The summed E-state index contributed by atoms with van der Waals surface area (Å²) in [7, 11) is 0. The maximum atomic E-state index is 13.1. The van der Waals surface area contributed by atoms with Crippen LogP contribution in [0.3, 0.4) is 0 Å². The van der Waals surface area contributed by atoms with Gasteiger partial charge in [0.05, 0.1) is 24.1 Å². The molecule has 0 bridgehead atoms. The van der Waals surface area contributed by atoms with Crippen molar-refractivity contribution < 1.29 is 0 Å². The topological polar surface area (TPSA) is 133 Å². The van der Waals surface area contributed by atoms with Crippen LogP contribution in [0, 0.1) is 6.92 Å². The summed E-state index contributed by atoms with van der Waals surface area (Å²) in [5.41, 5.74) is 10.1. The van der Waals surface area contributed by atoms with Gasteiger partial charge in [-0.3, -0.25) is 4.79 Å². The van der Waals surface area contributed by atoms with Crippen molar-refractivity contribution in [1.82, 2.24) is 39.7 Å². The Kier molecular flexibility index (Phi) is 5.19. The van der Waals surface area contributed by atoms with Gasteiger partial charge < -0.3 is 15.3 Å². The van der Waals surface area contributed by atoms with Crippen LogP contribution in [-0.2, 0) is 6.54 Å². The molecule has 0 unspecified atom stereocenters. The standard InChI is InChI=1S/C22H18ClN9O/c1-13-6-15(17-8-16(23)3-4-19(17)32-12-27-29-30-32)7-22(33)31(13)11-21-26-10-18(28-21)14-2-5-20(24)25-9-14/h2-10,12H,11H2,1H3,(H2,24,25)(H,26,28). The summed E-state index contributed by atoms with van der Waals surface area (Å²) >= 11 is 6.24. The maximum Gasteiger partial charge on any atom is 0.251 e. The largest absolute Gasteiger partial charge is 0.384 e. The molecule has 0 saturated carbocycles. The molecule has 4 aromatic heterocycles. The van der Waals surface area contributed by atoms with E-state index in [0.29, 0.717) is 28.9 Å². The van der Waals surface area contributed by atoms with Crippen LogP contribution < -0.4 is 11.3 Å². The second kappa shape index (κ2) is 8.32. The van der Waals surface area contributed by atoms with Gasteiger partial charge in [0.1, 0.15) is 18.0 Å². The quantitative estimate of drug-likeness (QED) is 0.412. The monoisotopic (exact) mass is 459 g/mol. The number of H-pyrrole nitrogens is 1. The highest BCUT2D eigenvalue weighted by Gasteiger charge is 2.14. The number of nitrogens with two attached hydrogens (primary N) is 1. The van der Waals surface area contributed by atoms with Crippen LogP contribution in [0.4, 0.5) is 5.82 Å². The smallest absolute Gasteiger partial charge is 0.251 e. The highest BCUT2D eigenvalue weighted by atomic mass is 35.5. The highest BCUT2D eigenvalue weighted by Crippen LogP contribution is 2.29. The fraction of sp³-hybridized carbons (Fsp3) is 0.0909. The van der Waals surface area contributed by atoms with Gasteiger partial charge in [0.15, 0.2) is 0 Å². The number of aromatic amines is 1. The number of pyridine rings is 2. The molecule has 4 heterocycles. The van der Waals surface area contributed by atoms with Crippen LogP contribution in [0.2, 0.25) is 5.02 Å². The summed E-state index contributed by atoms with van der Waals surface area (Å²) in [4.78, 5) is 24.8. The first-order valence-corrected chi connectivity index (χ1v) is 10.4. The number of rotatable bonds is 5. The molecule has 0 radical (unpaired) electrons. The van der Waals surface area contributed by atoms with E-state index < -0.39 is 0 Å². The number of aromatic nitrogens is 8. The number of aryl methyl sites for hydroxylation is 1. The molecule has 3 N–H and O–H groups in total. The minimum absolute atomic E-state index is 0.167. The van der Waals surface area contributed by atoms with Gasteiger partial charge in [-0.15, -0.1) is 5.10 Å². The van der Waals surface area contributed by atoms with Crippen molar-refractivity contribution in [2.24, 2.45) is 0 Å². The Labute approximate surface area is 192 Å². The molecule has 10 nitrogen and oxygen atoms in total. The van der Waals surface area contributed by atoms with Crippen molar-refractivity contribution in [3.8, 4) is 28.1 Å². The lowest BCUT2D eigenvalue weighted by molar-refractivity contribution is 0.700. The molecule has 1 aromatic carbocycles. The van der Waals surface area contributed by atoms with Crippen LogP contribution in [0.1, 0.15) is 11.5 Å². The summed E-state index contributed by atoms with van der Waals surface area (Å²) in [6.07, 6.45) is 4.87. The Balaban J connectivity index is 1.48. The lowest BCUT2D eigenvalue weighted by Gasteiger charge is -2.13. The molecule has 0 fully saturated rings. The molecule has 164 valence electrons. The zero-order valence-electron chi connectivity index (χ0n) is 17.5. The van der Waals surface area contributed by atoms with E-state index in [2.05, 4.69) is 30.5 Å². The molecular formula is C22H18ClN9O. The minimum Gasteiger partial charge on any atom is -0.384 e. The average molecular weight is 460 g/mol. The number of anilines is 1. The van der Waals surface area contributed by atoms with E-state index in [9.17, 15) is 4.79 Å². The minimum atomic E-state index is -0.167. The van der Waals surface area contributed by atoms with Crippen molar-refractivity contribution in [2.45, 2.75) is 13.5 Å². The number of hydrogen-bond acceptors (Lipinski definition) is 7. The van der Waals surface area contributed by atoms with Crippen molar-refractivity contribution in [1.29, 1.82) is 0 Å². The first-order valence-electron chi connectivity index (χ1n) is 9.98. The van der Waals surface area contributed by atoms with Gasteiger partial charge in [-0.25, -0.2) is 9.97 Å². The van der Waals surface area contributed by atoms with Crippen molar-refractivity contribution in [3.63, 3.8) is 0 Å². The third-order valence-corrected chi connectivity index (χ3v) is 5.47. The second-order valence-corrected chi connectivity index (χ2v) is 7.88. The molecule has 0 amide bonds. The predicted molar refractivity (Wildman–Crippen MR) is 124 cm³/mol. The average Bonchev–Trinajstić information content (AvgIpc) is 3.49. The molecule has 0 saturated heterocycles. The Morgan fingerprint density at radius 3 is 2.67 bits per heavy atom. The summed E-state index contributed by atoms with van der Waals surface area (Å²) in [5.74, 6) is 1.10. The molecule has 0 atom stereocenters. The maximum absolute atomic E-state index is 13.1. The van der Waals surface area contributed by atoms with Gasteiger partial charge in [-0.1, -0.05) is 11.6 Å². The van der Waals surface area contributed by atoms with Crippen LogP contribution in [0.25, 0.3) is 28.1 Å². The third-order valence-electron chi connectivity index (χ3n) is 5.23. The van der Waals surface area contributed by atoms with Crippen LogP contribution in [0.15, 0.2) is 66.0 Å². The lowest BCUT2D eigenvalue weighted by atomic mass is 10.0. The van der Waals surface area contributed by atoms with Crippen LogP contribution >= 0.6 is 11.6 Å². The molecular weight excluding hydrogens is 442 g/mol. The Bertz CT molecular complexity index is 1490. The van der Waals surface area contributed by atoms with E-state index in [1.807, 2.05) is 25.1 Å². The van der Waals surface area contributed by atoms with Crippen molar-refractivity contribution in [3.05, 3.63) is 88.1 Å². The second-order valence-electron chi connectivity index (χ2n) is 7.44. The molecule has 0 spiro atoms. The van der Waals surface area contributed by atoms with Gasteiger partial charge in [-0.2, -0.15) is 4.68 Å². The highest BCUT2D eigenvalue weighted by molar-refractivity contribution is 6.31. The molecule has 5 rings (SSSR count). The van der Waals surface area contributed by atoms with E-state index in [1.165, 1.54) is 11.0 Å². The first kappa shape index (κ1) is 20.6. The van der Waals surface area contributed by atoms with E-state index in [4.69, 9.17) is 17.3 Å². The zero-order valence-corrected chi connectivity index (χ0v) is 18.2. The predicted octanol–water partition coefficient (Wildman–Crippen LogP) is 2.87. The Morgan fingerprint density at radius 1 is 1.06 bits per heavy atom. The Hall–Kier alpha value is -4.31. The molecule has 0 aliphatic rings. The number of halogens is 1. The molecule has 0 aliphatic heterocycles. The Morgan fingerprint density at radius 2 is 1.94 bits per heavy atom. The fourth-order valence-corrected chi connectivity index (χ4v) is 3.77. The number of tetrazole rings is 1. The van der Waals surface area contributed by atoms with Crippen LogP contribution in [-0.4, -0.2) is 39.7 Å².